The molecule has 188 valence electrons. The maximum absolute atomic E-state index is 12.1. The van der Waals surface area contributed by atoms with Gasteiger partial charge in [0, 0.05) is 24.1 Å². The van der Waals surface area contributed by atoms with Gasteiger partial charge in [0.15, 0.2) is 0 Å². The molecule has 0 aromatic heterocycles. The largest absolute Gasteiger partial charge is 0.489 e. The Balaban J connectivity index is 1.91. The average Bonchev–Trinajstić information content (AvgIpc) is 2.90. The SMILES string of the molecule is CCOC(=O)CCC(Oc1cc(OCc2ccccc2)ccc1C=CC(=O)OC)c1ccccc1C. The molecule has 6 nitrogen and oxygen atoms in total. The molecule has 0 aliphatic carbocycles. The van der Waals surface area contributed by atoms with Crippen LogP contribution in [0.15, 0.2) is 78.9 Å². The Morgan fingerprint density at radius 1 is 0.972 bits per heavy atom. The quantitative estimate of drug-likeness (QED) is 0.223. The number of carbonyl (C=O) groups excluding carboxylic acids is 2. The number of carbonyl (C=O) groups is 2. The van der Waals surface area contributed by atoms with Crippen LogP contribution in [0, 0.1) is 6.92 Å². The summed E-state index contributed by atoms with van der Waals surface area (Å²) in [5.41, 5.74) is 3.75. The lowest BCUT2D eigenvalue weighted by atomic mass is 9.99. The third-order valence-electron chi connectivity index (χ3n) is 5.55. The fourth-order valence-corrected chi connectivity index (χ4v) is 3.67. The molecule has 6 heteroatoms. The maximum atomic E-state index is 12.1. The minimum Gasteiger partial charge on any atom is -0.489 e. The lowest BCUT2D eigenvalue weighted by Crippen LogP contribution is -2.13. The zero-order valence-corrected chi connectivity index (χ0v) is 20.9. The van der Waals surface area contributed by atoms with Crippen molar-refractivity contribution < 1.29 is 28.5 Å². The molecule has 0 radical (unpaired) electrons. The van der Waals surface area contributed by atoms with Crippen molar-refractivity contribution in [2.45, 2.75) is 39.4 Å². The third kappa shape index (κ3) is 8.01. The van der Waals surface area contributed by atoms with Gasteiger partial charge in [-0.3, -0.25) is 4.79 Å². The van der Waals surface area contributed by atoms with E-state index in [-0.39, 0.29) is 12.4 Å². The van der Waals surface area contributed by atoms with E-state index in [9.17, 15) is 9.59 Å². The van der Waals surface area contributed by atoms with Crippen molar-refractivity contribution in [3.63, 3.8) is 0 Å². The molecule has 0 aliphatic heterocycles. The molecule has 36 heavy (non-hydrogen) atoms. The summed E-state index contributed by atoms with van der Waals surface area (Å²) in [7, 11) is 1.33. The van der Waals surface area contributed by atoms with Crippen molar-refractivity contribution in [3.8, 4) is 11.5 Å². The first kappa shape index (κ1) is 26.5. The molecule has 0 spiro atoms. The van der Waals surface area contributed by atoms with Crippen LogP contribution in [0.4, 0.5) is 0 Å². The molecule has 3 rings (SSSR count). The molecule has 3 aromatic rings. The molecule has 0 aliphatic rings. The topological polar surface area (TPSA) is 71.1 Å². The molecule has 1 unspecified atom stereocenters. The molecule has 0 amide bonds. The normalized spacial score (nSPS) is 11.6. The molecule has 3 aromatic carbocycles. The first-order valence-corrected chi connectivity index (χ1v) is 11.9. The van der Waals surface area contributed by atoms with Crippen molar-refractivity contribution in [1.82, 2.24) is 0 Å². The maximum Gasteiger partial charge on any atom is 0.330 e. The Labute approximate surface area is 212 Å². The summed E-state index contributed by atoms with van der Waals surface area (Å²) in [4.78, 5) is 23.8. The van der Waals surface area contributed by atoms with Crippen LogP contribution in [0.1, 0.15) is 48.1 Å². The van der Waals surface area contributed by atoms with Crippen LogP contribution in [0.3, 0.4) is 0 Å². The minimum absolute atomic E-state index is 0.213. The fourth-order valence-electron chi connectivity index (χ4n) is 3.67. The molecule has 0 saturated heterocycles. The third-order valence-corrected chi connectivity index (χ3v) is 5.55. The number of rotatable bonds is 12. The highest BCUT2D eigenvalue weighted by Gasteiger charge is 2.19. The Morgan fingerprint density at radius 2 is 1.72 bits per heavy atom. The number of benzene rings is 3. The Hall–Kier alpha value is -4.06. The van der Waals surface area contributed by atoms with E-state index in [0.717, 1.165) is 16.7 Å². The van der Waals surface area contributed by atoms with Gasteiger partial charge < -0.3 is 18.9 Å². The highest BCUT2D eigenvalue weighted by atomic mass is 16.5. The molecule has 0 saturated carbocycles. The van der Waals surface area contributed by atoms with Crippen molar-refractivity contribution in [2.75, 3.05) is 13.7 Å². The second kappa shape index (κ2) is 13.7. The van der Waals surface area contributed by atoms with E-state index >= 15 is 0 Å². The van der Waals surface area contributed by atoms with Crippen LogP contribution in [0.25, 0.3) is 6.08 Å². The van der Waals surface area contributed by atoms with E-state index in [1.807, 2.05) is 73.7 Å². The minimum atomic E-state index is -0.469. The molecule has 0 N–H and O–H groups in total. The van der Waals surface area contributed by atoms with Crippen LogP contribution in [0.2, 0.25) is 0 Å². The van der Waals surface area contributed by atoms with Crippen LogP contribution in [-0.4, -0.2) is 25.7 Å². The predicted molar refractivity (Wildman–Crippen MR) is 139 cm³/mol. The van der Waals surface area contributed by atoms with Crippen LogP contribution in [-0.2, 0) is 25.7 Å². The zero-order valence-electron chi connectivity index (χ0n) is 20.9. The van der Waals surface area contributed by atoms with Gasteiger partial charge >= 0.3 is 11.9 Å². The lowest BCUT2D eigenvalue weighted by Gasteiger charge is -2.23. The van der Waals surface area contributed by atoms with Gasteiger partial charge in [-0.1, -0.05) is 54.6 Å². The second-order valence-electron chi connectivity index (χ2n) is 8.14. The molecule has 1 atom stereocenters. The van der Waals surface area contributed by atoms with Crippen LogP contribution in [0.5, 0.6) is 11.5 Å². The van der Waals surface area contributed by atoms with Gasteiger partial charge in [-0.05, 0) is 55.2 Å². The summed E-state index contributed by atoms with van der Waals surface area (Å²) in [6, 6.07) is 23.2. The molecule has 0 heterocycles. The molecular weight excluding hydrogens is 456 g/mol. The molecule has 0 bridgehead atoms. The van der Waals surface area contributed by atoms with E-state index in [1.54, 1.807) is 19.1 Å². The van der Waals surface area contributed by atoms with Crippen molar-refractivity contribution in [3.05, 3.63) is 101 Å². The van der Waals surface area contributed by atoms with Crippen LogP contribution < -0.4 is 9.47 Å². The average molecular weight is 489 g/mol. The molecular formula is C30H32O6. The van der Waals surface area contributed by atoms with Gasteiger partial charge in [0.2, 0.25) is 0 Å². The fraction of sp³-hybridized carbons (Fsp3) is 0.267. The Bertz CT molecular complexity index is 1170. The monoisotopic (exact) mass is 488 g/mol. The summed E-state index contributed by atoms with van der Waals surface area (Å²) >= 11 is 0. The van der Waals surface area contributed by atoms with E-state index in [4.69, 9.17) is 18.9 Å². The summed E-state index contributed by atoms with van der Waals surface area (Å²) in [5.74, 6) is 0.407. The van der Waals surface area contributed by atoms with Gasteiger partial charge in [0.25, 0.3) is 0 Å². The number of methoxy groups -OCH3 is 1. The zero-order chi connectivity index (χ0) is 25.8. The predicted octanol–water partition coefficient (Wildman–Crippen LogP) is 6.22. The van der Waals surface area contributed by atoms with Gasteiger partial charge in [-0.15, -0.1) is 0 Å². The summed E-state index contributed by atoms with van der Waals surface area (Å²) in [5, 5.41) is 0. The first-order chi connectivity index (χ1) is 17.5. The van der Waals surface area contributed by atoms with Crippen molar-refractivity contribution in [1.29, 1.82) is 0 Å². The number of hydrogen-bond donors (Lipinski definition) is 0. The van der Waals surface area contributed by atoms with Gasteiger partial charge in [0.1, 0.15) is 24.2 Å². The highest BCUT2D eigenvalue weighted by molar-refractivity contribution is 5.87. The summed E-state index contributed by atoms with van der Waals surface area (Å²) in [6.07, 6.45) is 3.21. The van der Waals surface area contributed by atoms with E-state index < -0.39 is 12.1 Å². The van der Waals surface area contributed by atoms with Crippen LogP contribution >= 0.6 is 0 Å². The number of hydrogen-bond acceptors (Lipinski definition) is 6. The summed E-state index contributed by atoms with van der Waals surface area (Å²) < 4.78 is 22.4. The van der Waals surface area contributed by atoms with E-state index in [2.05, 4.69) is 0 Å². The first-order valence-electron chi connectivity index (χ1n) is 11.9. The van der Waals surface area contributed by atoms with Gasteiger partial charge in [0.05, 0.1) is 13.7 Å². The Kier molecular flexibility index (Phi) is 10.1. The molecule has 0 fully saturated rings. The number of ether oxygens (including phenoxy) is 4. The summed E-state index contributed by atoms with van der Waals surface area (Å²) in [6.45, 7) is 4.53. The Morgan fingerprint density at radius 3 is 2.44 bits per heavy atom. The lowest BCUT2D eigenvalue weighted by molar-refractivity contribution is -0.143. The standard InChI is InChI=1S/C30H32O6/c1-4-34-30(32)19-17-27(26-13-9-8-10-22(26)2)36-28-20-25(35-21-23-11-6-5-7-12-23)16-14-24(28)15-18-29(31)33-3/h5-16,18,20,27H,4,17,19,21H2,1-3H3. The smallest absolute Gasteiger partial charge is 0.330 e. The second-order valence-corrected chi connectivity index (χ2v) is 8.14. The van der Waals surface area contributed by atoms with Gasteiger partial charge in [-0.2, -0.15) is 0 Å². The number of esters is 2. The van der Waals surface area contributed by atoms with Crippen molar-refractivity contribution >= 4 is 18.0 Å². The van der Waals surface area contributed by atoms with Gasteiger partial charge in [-0.25, -0.2) is 4.79 Å². The highest BCUT2D eigenvalue weighted by Crippen LogP contribution is 2.34. The van der Waals surface area contributed by atoms with Crippen molar-refractivity contribution in [2.24, 2.45) is 0 Å². The number of aryl methyl sites for hydroxylation is 1. The van der Waals surface area contributed by atoms with E-state index in [0.29, 0.717) is 36.7 Å². The van der Waals surface area contributed by atoms with E-state index in [1.165, 1.54) is 13.2 Å².